The smallest absolute Gasteiger partial charge is 0.156 e. The van der Waals surface area contributed by atoms with Gasteiger partial charge >= 0.3 is 0 Å². The predicted molar refractivity (Wildman–Crippen MR) is 59.8 cm³/mol. The van der Waals surface area contributed by atoms with Gasteiger partial charge in [0.25, 0.3) is 0 Å². The minimum Gasteiger partial charge on any atom is -0.469 e. The average Bonchev–Trinajstić information content (AvgIpc) is 2.77. The molecule has 2 rings (SSSR count). The molecule has 14 heavy (non-hydrogen) atoms. The number of hydrogen-bond acceptors (Lipinski definition) is 3. The standard InChI is InChI=1S/C10H14N2OS/c1-8-7-14-10(12-8)11-5-4-9-3-2-6-13-9/h2-3,6,8H,4-5,7H2,1H3,(H,11,12). The van der Waals surface area contributed by atoms with Crippen molar-refractivity contribution in [3.63, 3.8) is 0 Å². The van der Waals surface area contributed by atoms with E-state index in [9.17, 15) is 0 Å². The fraction of sp³-hybridized carbons (Fsp3) is 0.500. The number of hydrogen-bond donors (Lipinski definition) is 1. The molecular formula is C10H14N2OS. The molecule has 4 heteroatoms. The molecule has 0 amide bonds. The minimum atomic E-state index is 0.558. The van der Waals surface area contributed by atoms with Crippen LogP contribution in [0.3, 0.4) is 0 Å². The molecule has 1 aliphatic rings. The Balaban J connectivity index is 1.77. The number of thioether (sulfide) groups is 1. The second-order valence-electron chi connectivity index (χ2n) is 3.37. The highest BCUT2D eigenvalue weighted by molar-refractivity contribution is 8.14. The lowest BCUT2D eigenvalue weighted by atomic mass is 10.3. The normalized spacial score (nSPS) is 24.1. The fourth-order valence-electron chi connectivity index (χ4n) is 1.31. The van der Waals surface area contributed by atoms with Crippen molar-refractivity contribution in [3.05, 3.63) is 24.2 Å². The Hall–Kier alpha value is -0.900. The van der Waals surface area contributed by atoms with E-state index >= 15 is 0 Å². The van der Waals surface area contributed by atoms with Crippen LogP contribution in [0.15, 0.2) is 27.8 Å². The van der Waals surface area contributed by atoms with Crippen LogP contribution in [0.25, 0.3) is 0 Å². The van der Waals surface area contributed by atoms with Crippen molar-refractivity contribution in [1.29, 1.82) is 0 Å². The minimum absolute atomic E-state index is 0.558. The fourth-order valence-corrected chi connectivity index (χ4v) is 2.27. The van der Waals surface area contributed by atoms with Crippen molar-refractivity contribution in [2.45, 2.75) is 19.4 Å². The summed E-state index contributed by atoms with van der Waals surface area (Å²) in [6, 6.07) is 4.45. The maximum Gasteiger partial charge on any atom is 0.156 e. The molecule has 0 aliphatic carbocycles. The lowest BCUT2D eigenvalue weighted by Gasteiger charge is -2.00. The largest absolute Gasteiger partial charge is 0.469 e. The van der Waals surface area contributed by atoms with E-state index in [1.54, 1.807) is 18.0 Å². The summed E-state index contributed by atoms with van der Waals surface area (Å²) in [6.07, 6.45) is 2.58. The number of rotatable bonds is 3. The first-order chi connectivity index (χ1) is 6.84. The molecule has 1 aromatic heterocycles. The van der Waals surface area contributed by atoms with Crippen LogP contribution in [0.1, 0.15) is 12.7 Å². The molecular weight excluding hydrogens is 196 g/mol. The molecule has 1 aromatic rings. The number of furan rings is 1. The van der Waals surface area contributed by atoms with Gasteiger partial charge in [-0.05, 0) is 19.1 Å². The summed E-state index contributed by atoms with van der Waals surface area (Å²) in [6.45, 7) is 2.97. The van der Waals surface area contributed by atoms with Gasteiger partial charge in [-0.25, -0.2) is 0 Å². The van der Waals surface area contributed by atoms with Crippen molar-refractivity contribution in [3.8, 4) is 0 Å². The number of aliphatic imine (C=N–C) groups is 1. The molecule has 1 saturated heterocycles. The molecule has 0 saturated carbocycles. The highest BCUT2D eigenvalue weighted by atomic mass is 32.2. The Morgan fingerprint density at radius 1 is 1.71 bits per heavy atom. The van der Waals surface area contributed by atoms with Crippen LogP contribution in [0.2, 0.25) is 0 Å². The maximum atomic E-state index is 5.22. The molecule has 1 unspecified atom stereocenters. The lowest BCUT2D eigenvalue weighted by molar-refractivity contribution is 0.511. The first-order valence-corrected chi connectivity index (χ1v) is 5.79. The summed E-state index contributed by atoms with van der Waals surface area (Å²) in [4.78, 5) is 4.46. The number of nitrogens with one attached hydrogen (secondary N) is 1. The van der Waals surface area contributed by atoms with E-state index in [1.807, 2.05) is 12.1 Å². The summed E-state index contributed by atoms with van der Waals surface area (Å²) < 4.78 is 5.22. The average molecular weight is 210 g/mol. The predicted octanol–water partition coefficient (Wildman–Crippen LogP) is 1.90. The Kier molecular flexibility index (Phi) is 3.14. The monoisotopic (exact) mass is 210 g/mol. The van der Waals surface area contributed by atoms with Gasteiger partial charge in [-0.1, -0.05) is 11.8 Å². The van der Waals surface area contributed by atoms with Gasteiger partial charge in [0.15, 0.2) is 5.17 Å². The van der Waals surface area contributed by atoms with Crippen molar-refractivity contribution >= 4 is 16.9 Å². The van der Waals surface area contributed by atoms with Gasteiger partial charge in [-0.2, -0.15) is 0 Å². The zero-order chi connectivity index (χ0) is 9.80. The Morgan fingerprint density at radius 2 is 2.64 bits per heavy atom. The van der Waals surface area contributed by atoms with Gasteiger partial charge in [0.1, 0.15) is 5.76 Å². The van der Waals surface area contributed by atoms with Crippen molar-refractivity contribution in [1.82, 2.24) is 5.32 Å². The van der Waals surface area contributed by atoms with E-state index in [1.165, 1.54) is 0 Å². The van der Waals surface area contributed by atoms with Gasteiger partial charge in [-0.15, -0.1) is 0 Å². The molecule has 76 valence electrons. The molecule has 1 fully saturated rings. The van der Waals surface area contributed by atoms with Gasteiger partial charge in [-0.3, -0.25) is 4.99 Å². The highest BCUT2D eigenvalue weighted by Gasteiger charge is 2.14. The van der Waals surface area contributed by atoms with E-state index in [-0.39, 0.29) is 0 Å². The summed E-state index contributed by atoms with van der Waals surface area (Å²) in [7, 11) is 0. The van der Waals surface area contributed by atoms with Crippen LogP contribution < -0.4 is 5.32 Å². The van der Waals surface area contributed by atoms with Gasteiger partial charge in [0.05, 0.1) is 6.26 Å². The Bertz CT molecular complexity index is 308. The van der Waals surface area contributed by atoms with Crippen molar-refractivity contribution in [2.75, 3.05) is 12.3 Å². The van der Waals surface area contributed by atoms with Gasteiger partial charge < -0.3 is 9.73 Å². The molecule has 2 heterocycles. The highest BCUT2D eigenvalue weighted by Crippen LogP contribution is 2.13. The third-order valence-corrected chi connectivity index (χ3v) is 3.22. The molecule has 0 spiro atoms. The van der Waals surface area contributed by atoms with Crippen molar-refractivity contribution < 1.29 is 4.42 Å². The zero-order valence-corrected chi connectivity index (χ0v) is 9.01. The summed E-state index contributed by atoms with van der Waals surface area (Å²) in [5.74, 6) is 2.13. The molecule has 1 atom stereocenters. The quantitative estimate of drug-likeness (QED) is 0.828. The number of nitrogens with zero attached hydrogens (tertiary/aromatic N) is 1. The summed E-state index contributed by atoms with van der Waals surface area (Å²) >= 11 is 1.80. The van der Waals surface area contributed by atoms with Gasteiger partial charge in [0, 0.05) is 24.8 Å². The second-order valence-corrected chi connectivity index (χ2v) is 4.38. The molecule has 3 nitrogen and oxygen atoms in total. The molecule has 1 aliphatic heterocycles. The Morgan fingerprint density at radius 3 is 3.29 bits per heavy atom. The molecule has 1 N–H and O–H groups in total. The molecule has 0 aromatic carbocycles. The first kappa shape index (κ1) is 9.65. The van der Waals surface area contributed by atoms with Gasteiger partial charge in [0.2, 0.25) is 0 Å². The van der Waals surface area contributed by atoms with E-state index < -0.39 is 0 Å². The topological polar surface area (TPSA) is 37.5 Å². The number of amidine groups is 1. The van der Waals surface area contributed by atoms with Crippen LogP contribution in [0, 0.1) is 0 Å². The van der Waals surface area contributed by atoms with Crippen LogP contribution in [-0.4, -0.2) is 23.5 Å². The third kappa shape index (κ3) is 2.54. The first-order valence-electron chi connectivity index (χ1n) is 4.81. The second kappa shape index (κ2) is 4.55. The van der Waals surface area contributed by atoms with E-state index in [0.717, 1.165) is 29.6 Å². The maximum absolute atomic E-state index is 5.22. The summed E-state index contributed by atoms with van der Waals surface area (Å²) in [5.41, 5.74) is 0. The third-order valence-electron chi connectivity index (χ3n) is 2.03. The molecule has 0 bridgehead atoms. The molecule has 0 radical (unpaired) electrons. The van der Waals surface area contributed by atoms with Crippen LogP contribution >= 0.6 is 11.8 Å². The zero-order valence-electron chi connectivity index (χ0n) is 8.19. The van der Waals surface area contributed by atoms with Crippen LogP contribution in [0.4, 0.5) is 0 Å². The SMILES string of the molecule is CC1CSC(=NCCc2ccco2)N1. The lowest BCUT2D eigenvalue weighted by Crippen LogP contribution is -2.23. The van der Waals surface area contributed by atoms with Crippen LogP contribution in [-0.2, 0) is 6.42 Å². The Labute approximate surface area is 88.0 Å². The van der Waals surface area contributed by atoms with E-state index in [4.69, 9.17) is 4.42 Å². The van der Waals surface area contributed by atoms with Crippen molar-refractivity contribution in [2.24, 2.45) is 4.99 Å². The summed E-state index contributed by atoms with van der Waals surface area (Å²) in [5, 5.41) is 4.39. The van der Waals surface area contributed by atoms with E-state index in [0.29, 0.717) is 6.04 Å². The van der Waals surface area contributed by atoms with Crippen LogP contribution in [0.5, 0.6) is 0 Å². The van der Waals surface area contributed by atoms with E-state index in [2.05, 4.69) is 17.2 Å².